The van der Waals surface area contributed by atoms with Crippen molar-refractivity contribution in [1.82, 2.24) is 19.3 Å². The third-order valence-corrected chi connectivity index (χ3v) is 6.67. The van der Waals surface area contributed by atoms with E-state index in [-0.39, 0.29) is 22.8 Å². The van der Waals surface area contributed by atoms with E-state index in [0.29, 0.717) is 16.6 Å². The predicted molar refractivity (Wildman–Crippen MR) is 106 cm³/mol. The summed E-state index contributed by atoms with van der Waals surface area (Å²) in [5, 5.41) is 10.3. The van der Waals surface area contributed by atoms with E-state index in [0.717, 1.165) is 24.8 Å². The van der Waals surface area contributed by atoms with Crippen molar-refractivity contribution in [3.05, 3.63) is 42.0 Å². The van der Waals surface area contributed by atoms with Gasteiger partial charge in [-0.25, -0.2) is 27.5 Å². The Morgan fingerprint density at radius 2 is 1.97 bits per heavy atom. The van der Waals surface area contributed by atoms with Gasteiger partial charge in [-0.1, -0.05) is 0 Å². The van der Waals surface area contributed by atoms with Gasteiger partial charge >= 0.3 is 0 Å². The van der Waals surface area contributed by atoms with Crippen molar-refractivity contribution in [2.75, 3.05) is 0 Å². The van der Waals surface area contributed by atoms with Crippen LogP contribution in [0.2, 0.25) is 0 Å². The van der Waals surface area contributed by atoms with Crippen molar-refractivity contribution in [3.8, 4) is 17.6 Å². The lowest BCUT2D eigenvalue weighted by molar-refractivity contribution is 0.323. The molecule has 2 heterocycles. The van der Waals surface area contributed by atoms with E-state index < -0.39 is 15.8 Å². The molecule has 1 N–H and O–H groups in total. The summed E-state index contributed by atoms with van der Waals surface area (Å²) in [6.45, 7) is 3.45. The lowest BCUT2D eigenvalue weighted by Gasteiger charge is -2.29. The maximum atomic E-state index is 13.9. The fourth-order valence-corrected chi connectivity index (χ4v) is 4.74. The number of fused-ring (bicyclic) bond motifs is 1. The third kappa shape index (κ3) is 3.39. The highest BCUT2D eigenvalue weighted by atomic mass is 32.2. The molecule has 1 aliphatic rings. The Labute approximate surface area is 168 Å². The first kappa shape index (κ1) is 19.5. The Kier molecular flexibility index (Phi) is 4.84. The topological polar surface area (TPSA) is 101 Å². The summed E-state index contributed by atoms with van der Waals surface area (Å²) in [5.74, 6) is -0.179. The number of benzene rings is 1. The first-order chi connectivity index (χ1) is 13.8. The van der Waals surface area contributed by atoms with Gasteiger partial charge in [0.2, 0.25) is 10.0 Å². The monoisotopic (exact) mass is 413 g/mol. The second-order valence-corrected chi connectivity index (χ2v) is 9.18. The first-order valence-corrected chi connectivity index (χ1v) is 10.9. The van der Waals surface area contributed by atoms with Gasteiger partial charge in [0.1, 0.15) is 22.5 Å². The van der Waals surface area contributed by atoms with Gasteiger partial charge in [0.05, 0.1) is 23.5 Å². The largest absolute Gasteiger partial charge is 0.334 e. The summed E-state index contributed by atoms with van der Waals surface area (Å²) >= 11 is 0. The number of sulfonamides is 1. The summed E-state index contributed by atoms with van der Waals surface area (Å²) in [5.41, 5.74) is 1.55. The fourth-order valence-electron chi connectivity index (χ4n) is 3.60. The number of rotatable bonds is 5. The molecule has 150 valence electrons. The van der Waals surface area contributed by atoms with Crippen molar-refractivity contribution in [1.29, 1.82) is 5.26 Å². The van der Waals surface area contributed by atoms with Crippen LogP contribution in [-0.4, -0.2) is 29.0 Å². The highest BCUT2D eigenvalue weighted by Crippen LogP contribution is 2.41. The number of aromatic nitrogens is 3. The molecule has 1 aliphatic carbocycles. The number of hydrogen-bond donors (Lipinski definition) is 1. The second kappa shape index (κ2) is 7.21. The molecule has 0 radical (unpaired) electrons. The van der Waals surface area contributed by atoms with Crippen LogP contribution in [-0.2, 0) is 10.0 Å². The number of nitrogens with zero attached hydrogens (tertiary/aromatic N) is 4. The molecule has 2 aromatic heterocycles. The number of halogens is 1. The molecule has 0 aliphatic heterocycles. The SMILES string of the molecule is CC(C)NS(=O)(=O)c1cnc(-c2c(C#N)c3cc(F)ccc3n2C2CCC2)nc1. The summed E-state index contributed by atoms with van der Waals surface area (Å²) in [6, 6.07) is 6.46. The summed E-state index contributed by atoms with van der Waals surface area (Å²) in [7, 11) is -3.72. The minimum Gasteiger partial charge on any atom is -0.334 e. The van der Waals surface area contributed by atoms with Gasteiger partial charge in [-0.2, -0.15) is 5.26 Å². The Morgan fingerprint density at radius 3 is 2.52 bits per heavy atom. The molecule has 0 amide bonds. The maximum absolute atomic E-state index is 13.9. The van der Waals surface area contributed by atoms with Crippen molar-refractivity contribution in [3.63, 3.8) is 0 Å². The molecule has 1 saturated carbocycles. The van der Waals surface area contributed by atoms with Crippen LogP contribution in [0, 0.1) is 17.1 Å². The van der Waals surface area contributed by atoms with E-state index in [1.54, 1.807) is 19.9 Å². The smallest absolute Gasteiger partial charge is 0.243 e. The molecular weight excluding hydrogens is 393 g/mol. The van der Waals surface area contributed by atoms with Crippen LogP contribution in [0.4, 0.5) is 4.39 Å². The molecule has 29 heavy (non-hydrogen) atoms. The molecule has 0 unspecified atom stereocenters. The van der Waals surface area contributed by atoms with Gasteiger partial charge in [-0.15, -0.1) is 0 Å². The maximum Gasteiger partial charge on any atom is 0.243 e. The first-order valence-electron chi connectivity index (χ1n) is 9.40. The van der Waals surface area contributed by atoms with E-state index in [9.17, 15) is 18.1 Å². The van der Waals surface area contributed by atoms with Gasteiger partial charge in [0.15, 0.2) is 5.82 Å². The predicted octanol–water partition coefficient (Wildman–Crippen LogP) is 3.52. The summed E-state index contributed by atoms with van der Waals surface area (Å²) in [6.07, 6.45) is 5.44. The molecular formula is C20H20FN5O2S. The van der Waals surface area contributed by atoms with E-state index in [2.05, 4.69) is 20.8 Å². The molecule has 1 fully saturated rings. The van der Waals surface area contributed by atoms with Crippen molar-refractivity contribution in [2.24, 2.45) is 0 Å². The van der Waals surface area contributed by atoms with Gasteiger partial charge in [-0.05, 0) is 51.3 Å². The van der Waals surface area contributed by atoms with Crippen LogP contribution in [0.5, 0.6) is 0 Å². The zero-order valence-electron chi connectivity index (χ0n) is 16.1. The minimum atomic E-state index is -3.72. The van der Waals surface area contributed by atoms with Crippen LogP contribution >= 0.6 is 0 Å². The molecule has 9 heteroatoms. The summed E-state index contributed by atoms with van der Waals surface area (Å²) in [4.78, 5) is 8.46. The second-order valence-electron chi connectivity index (χ2n) is 7.47. The fraction of sp³-hybridized carbons (Fsp3) is 0.350. The number of nitrogens with one attached hydrogen (secondary N) is 1. The lowest BCUT2D eigenvalue weighted by Crippen LogP contribution is -2.30. The van der Waals surface area contributed by atoms with E-state index in [1.165, 1.54) is 24.5 Å². The van der Waals surface area contributed by atoms with Crippen LogP contribution in [0.25, 0.3) is 22.4 Å². The molecule has 7 nitrogen and oxygen atoms in total. The highest BCUT2D eigenvalue weighted by Gasteiger charge is 2.29. The molecule has 1 aromatic carbocycles. The van der Waals surface area contributed by atoms with E-state index in [4.69, 9.17) is 0 Å². The molecule has 0 bridgehead atoms. The van der Waals surface area contributed by atoms with Crippen LogP contribution in [0.3, 0.4) is 0 Å². The molecule has 0 saturated heterocycles. The van der Waals surface area contributed by atoms with Crippen LogP contribution in [0.15, 0.2) is 35.5 Å². The molecule has 0 atom stereocenters. The van der Waals surface area contributed by atoms with Gasteiger partial charge < -0.3 is 4.57 Å². The zero-order chi connectivity index (χ0) is 20.8. The standard InChI is InChI=1S/C20H20FN5O2S/c1-12(2)25-29(27,28)15-10-23-20(24-11-15)19-17(9-22)16-8-13(21)6-7-18(16)26(19)14-4-3-5-14/h6-8,10-12,14,25H,3-5H2,1-2H3. The molecule has 3 aromatic rings. The average molecular weight is 413 g/mol. The van der Waals surface area contributed by atoms with Crippen molar-refractivity contribution >= 4 is 20.9 Å². The van der Waals surface area contributed by atoms with Crippen molar-refractivity contribution < 1.29 is 12.8 Å². The quantitative estimate of drug-likeness (QED) is 0.690. The Morgan fingerprint density at radius 1 is 1.28 bits per heavy atom. The van der Waals surface area contributed by atoms with E-state index in [1.807, 2.05) is 4.57 Å². The van der Waals surface area contributed by atoms with Gasteiger partial charge in [0, 0.05) is 17.5 Å². The summed E-state index contributed by atoms with van der Waals surface area (Å²) < 4.78 is 43.0. The normalized spacial score (nSPS) is 14.9. The highest BCUT2D eigenvalue weighted by molar-refractivity contribution is 7.89. The Bertz CT molecular complexity index is 1220. The molecule has 0 spiro atoms. The van der Waals surface area contributed by atoms with E-state index >= 15 is 0 Å². The Balaban J connectivity index is 1.89. The third-order valence-electron chi connectivity index (χ3n) is 5.06. The number of nitriles is 1. The van der Waals surface area contributed by atoms with Crippen molar-refractivity contribution in [2.45, 2.75) is 50.1 Å². The lowest BCUT2D eigenvalue weighted by atomic mass is 9.92. The minimum absolute atomic E-state index is 0.0502. The molecule has 4 rings (SSSR count). The Hall–Kier alpha value is -2.83. The zero-order valence-corrected chi connectivity index (χ0v) is 16.9. The van der Waals surface area contributed by atoms with Gasteiger partial charge in [0.25, 0.3) is 0 Å². The average Bonchev–Trinajstić information content (AvgIpc) is 2.92. The number of hydrogen-bond acceptors (Lipinski definition) is 5. The van der Waals surface area contributed by atoms with Gasteiger partial charge in [-0.3, -0.25) is 0 Å². The van der Waals surface area contributed by atoms with Crippen LogP contribution < -0.4 is 4.72 Å². The van der Waals surface area contributed by atoms with Crippen LogP contribution in [0.1, 0.15) is 44.7 Å².